The molecule has 11 heteroatoms. The van der Waals surface area contributed by atoms with Crippen molar-refractivity contribution in [3.05, 3.63) is 93.4 Å². The molecule has 1 N–H and O–H groups in total. The second-order valence-corrected chi connectivity index (χ2v) is 12.2. The fourth-order valence-electron chi connectivity index (χ4n) is 4.14. The lowest BCUT2D eigenvalue weighted by molar-refractivity contribution is -0.140. The summed E-state index contributed by atoms with van der Waals surface area (Å²) < 4.78 is 28.6. The quantitative estimate of drug-likeness (QED) is 0.218. The monoisotopic (exact) mass is 623 g/mol. The van der Waals surface area contributed by atoms with Gasteiger partial charge in [0.05, 0.1) is 10.6 Å². The molecule has 0 saturated carbocycles. The highest BCUT2D eigenvalue weighted by Crippen LogP contribution is 2.29. The maximum atomic E-state index is 14.1. The standard InChI is InChI=1S/C29H32Cl3N3O4S/c1-3-5-18-33-29(37)27(4-2)34(19-24-25(31)12-9-13-26(24)32)28(36)20-35(22-16-14-21(30)15-17-22)40(38,39)23-10-7-6-8-11-23/h6-17,27H,3-5,18-20H2,1-2H3,(H,33,37)/t27-/m0/s1. The van der Waals surface area contributed by atoms with Gasteiger partial charge in [-0.1, -0.05) is 79.3 Å². The maximum Gasteiger partial charge on any atom is 0.264 e. The molecular weight excluding hydrogens is 593 g/mol. The summed E-state index contributed by atoms with van der Waals surface area (Å²) in [6, 6.07) is 18.1. The van der Waals surface area contributed by atoms with Crippen LogP contribution >= 0.6 is 34.8 Å². The first kappa shape index (κ1) is 31.7. The number of carbonyl (C=O) groups excluding carboxylic acids is 2. The van der Waals surface area contributed by atoms with Gasteiger partial charge in [-0.3, -0.25) is 13.9 Å². The molecule has 0 radical (unpaired) electrons. The van der Waals surface area contributed by atoms with Crippen LogP contribution < -0.4 is 9.62 Å². The Balaban J connectivity index is 2.06. The number of unbranched alkanes of at least 4 members (excludes halogenated alkanes) is 1. The van der Waals surface area contributed by atoms with Crippen LogP contribution in [0.5, 0.6) is 0 Å². The summed E-state index contributed by atoms with van der Waals surface area (Å²) in [7, 11) is -4.16. The van der Waals surface area contributed by atoms with Crippen LogP contribution in [-0.4, -0.2) is 44.3 Å². The molecule has 0 saturated heterocycles. The number of hydrogen-bond acceptors (Lipinski definition) is 4. The Bertz CT molecular complexity index is 1380. The van der Waals surface area contributed by atoms with E-state index in [1.807, 2.05) is 6.92 Å². The molecule has 0 aliphatic heterocycles. The lowest BCUT2D eigenvalue weighted by Gasteiger charge is -2.33. The maximum absolute atomic E-state index is 14.1. The van der Waals surface area contributed by atoms with Gasteiger partial charge < -0.3 is 10.2 Å². The van der Waals surface area contributed by atoms with Crippen molar-refractivity contribution in [1.82, 2.24) is 10.2 Å². The second kappa shape index (κ2) is 14.7. The normalized spacial score (nSPS) is 12.0. The van der Waals surface area contributed by atoms with E-state index in [1.54, 1.807) is 55.5 Å². The first-order valence-electron chi connectivity index (χ1n) is 12.9. The van der Waals surface area contributed by atoms with Crippen molar-refractivity contribution < 1.29 is 18.0 Å². The number of amides is 2. The fraction of sp³-hybridized carbons (Fsp3) is 0.310. The van der Waals surface area contributed by atoms with Crippen molar-refractivity contribution in [1.29, 1.82) is 0 Å². The molecule has 0 aliphatic carbocycles. The van der Waals surface area contributed by atoms with Crippen LogP contribution in [0.1, 0.15) is 38.7 Å². The van der Waals surface area contributed by atoms with Crippen molar-refractivity contribution in [3.8, 4) is 0 Å². The average Bonchev–Trinajstić information content (AvgIpc) is 2.94. The average molecular weight is 625 g/mol. The molecule has 0 aromatic heterocycles. The summed E-state index contributed by atoms with van der Waals surface area (Å²) in [4.78, 5) is 28.7. The van der Waals surface area contributed by atoms with Crippen LogP contribution in [-0.2, 0) is 26.2 Å². The van der Waals surface area contributed by atoms with Gasteiger partial charge in [-0.15, -0.1) is 0 Å². The van der Waals surface area contributed by atoms with E-state index in [0.29, 0.717) is 27.2 Å². The van der Waals surface area contributed by atoms with Crippen LogP contribution in [0.4, 0.5) is 5.69 Å². The van der Waals surface area contributed by atoms with Gasteiger partial charge >= 0.3 is 0 Å². The Hall–Kier alpha value is -2.78. The van der Waals surface area contributed by atoms with Crippen molar-refractivity contribution in [2.24, 2.45) is 0 Å². The zero-order valence-corrected chi connectivity index (χ0v) is 25.4. The zero-order chi connectivity index (χ0) is 29.3. The van der Waals surface area contributed by atoms with E-state index >= 15 is 0 Å². The number of nitrogens with zero attached hydrogens (tertiary/aromatic N) is 2. The number of hydrogen-bond donors (Lipinski definition) is 1. The largest absolute Gasteiger partial charge is 0.354 e. The molecule has 0 unspecified atom stereocenters. The molecule has 40 heavy (non-hydrogen) atoms. The van der Waals surface area contributed by atoms with Crippen molar-refractivity contribution in [3.63, 3.8) is 0 Å². The molecule has 2 amide bonds. The number of nitrogens with one attached hydrogen (secondary N) is 1. The van der Waals surface area contributed by atoms with Gasteiger partial charge in [-0.2, -0.15) is 0 Å². The minimum Gasteiger partial charge on any atom is -0.354 e. The summed E-state index contributed by atoms with van der Waals surface area (Å²) in [5, 5.41) is 3.96. The van der Waals surface area contributed by atoms with Gasteiger partial charge in [-0.05, 0) is 61.4 Å². The lowest BCUT2D eigenvalue weighted by atomic mass is 10.1. The highest BCUT2D eigenvalue weighted by Gasteiger charge is 2.34. The number of anilines is 1. The minimum absolute atomic E-state index is 0.0165. The van der Waals surface area contributed by atoms with Crippen LogP contribution in [0.25, 0.3) is 0 Å². The Morgan fingerprint density at radius 3 is 2.08 bits per heavy atom. The fourth-order valence-corrected chi connectivity index (χ4v) is 6.21. The number of rotatable bonds is 13. The predicted octanol–water partition coefficient (Wildman–Crippen LogP) is 6.57. The molecular formula is C29H32Cl3N3O4S. The molecule has 1 atom stereocenters. The molecule has 214 valence electrons. The SMILES string of the molecule is CCCCNC(=O)[C@H](CC)N(Cc1c(Cl)cccc1Cl)C(=O)CN(c1ccc(Cl)cc1)S(=O)(=O)c1ccccc1. The molecule has 3 aromatic rings. The Kier molecular flexibility index (Phi) is 11.7. The highest BCUT2D eigenvalue weighted by molar-refractivity contribution is 7.92. The van der Waals surface area contributed by atoms with Gasteiger partial charge in [0, 0.05) is 33.7 Å². The Morgan fingerprint density at radius 1 is 0.875 bits per heavy atom. The molecule has 0 aliphatic rings. The topological polar surface area (TPSA) is 86.8 Å². The highest BCUT2D eigenvalue weighted by atomic mass is 35.5. The van der Waals surface area contributed by atoms with Gasteiger partial charge in [0.1, 0.15) is 12.6 Å². The van der Waals surface area contributed by atoms with Crippen molar-refractivity contribution in [2.75, 3.05) is 17.4 Å². The zero-order valence-electron chi connectivity index (χ0n) is 22.3. The third-order valence-corrected chi connectivity index (χ3v) is 9.08. The van der Waals surface area contributed by atoms with Gasteiger partial charge in [0.25, 0.3) is 10.0 Å². The molecule has 3 rings (SSSR count). The summed E-state index contributed by atoms with van der Waals surface area (Å²) >= 11 is 18.9. The third kappa shape index (κ3) is 7.91. The summed E-state index contributed by atoms with van der Waals surface area (Å²) in [6.07, 6.45) is 1.96. The van der Waals surface area contributed by atoms with E-state index in [9.17, 15) is 18.0 Å². The van der Waals surface area contributed by atoms with Gasteiger partial charge in [0.15, 0.2) is 0 Å². The van der Waals surface area contributed by atoms with E-state index in [1.165, 1.54) is 29.2 Å². The van der Waals surface area contributed by atoms with Gasteiger partial charge in [-0.25, -0.2) is 8.42 Å². The predicted molar refractivity (Wildman–Crippen MR) is 161 cm³/mol. The van der Waals surface area contributed by atoms with Crippen LogP contribution in [0, 0.1) is 0 Å². The smallest absolute Gasteiger partial charge is 0.264 e. The van der Waals surface area contributed by atoms with Crippen molar-refractivity contribution in [2.45, 2.75) is 50.6 Å². The first-order valence-corrected chi connectivity index (χ1v) is 15.5. The van der Waals surface area contributed by atoms with E-state index < -0.39 is 28.5 Å². The van der Waals surface area contributed by atoms with E-state index in [-0.39, 0.29) is 29.5 Å². The molecule has 0 heterocycles. The molecule has 3 aromatic carbocycles. The number of sulfonamides is 1. The number of benzene rings is 3. The Labute approximate surface area is 251 Å². The minimum atomic E-state index is -4.16. The summed E-state index contributed by atoms with van der Waals surface area (Å²) in [5.74, 6) is -0.931. The molecule has 0 spiro atoms. The molecule has 0 fully saturated rings. The number of carbonyl (C=O) groups is 2. The number of halogens is 3. The first-order chi connectivity index (χ1) is 19.1. The lowest BCUT2D eigenvalue weighted by Crippen LogP contribution is -2.52. The van der Waals surface area contributed by atoms with Crippen molar-refractivity contribution >= 4 is 62.3 Å². The van der Waals surface area contributed by atoms with Crippen LogP contribution in [0.2, 0.25) is 15.1 Å². The van der Waals surface area contributed by atoms with E-state index in [4.69, 9.17) is 34.8 Å². The van der Waals surface area contributed by atoms with Crippen LogP contribution in [0.3, 0.4) is 0 Å². The van der Waals surface area contributed by atoms with E-state index in [2.05, 4.69) is 5.32 Å². The summed E-state index contributed by atoms with van der Waals surface area (Å²) in [6.45, 7) is 3.60. The third-order valence-electron chi connectivity index (χ3n) is 6.33. The molecule has 0 bridgehead atoms. The van der Waals surface area contributed by atoms with Gasteiger partial charge in [0.2, 0.25) is 11.8 Å². The second-order valence-electron chi connectivity index (χ2n) is 9.09. The molecule has 7 nitrogen and oxygen atoms in total. The summed E-state index contributed by atoms with van der Waals surface area (Å²) in [5.41, 5.74) is 0.709. The van der Waals surface area contributed by atoms with E-state index in [0.717, 1.165) is 17.1 Å². The Morgan fingerprint density at radius 2 is 1.50 bits per heavy atom. The van der Waals surface area contributed by atoms with Crippen LogP contribution in [0.15, 0.2) is 77.7 Å².